The zero-order valence-corrected chi connectivity index (χ0v) is 26.8. The summed E-state index contributed by atoms with van der Waals surface area (Å²) in [6, 6.07) is 15.7. The minimum Gasteiger partial charge on any atom is -0.497 e. The van der Waals surface area contributed by atoms with Crippen molar-refractivity contribution >= 4 is 46.0 Å². The molecule has 0 bridgehead atoms. The predicted molar refractivity (Wildman–Crippen MR) is 165 cm³/mol. The maximum Gasteiger partial charge on any atom is 0.490 e. The van der Waals surface area contributed by atoms with Gasteiger partial charge in [-0.3, -0.25) is 0 Å². The fourth-order valence-electron chi connectivity index (χ4n) is 3.83. The lowest BCUT2D eigenvalue weighted by Crippen LogP contribution is -2.26. The SMILES string of the molecule is COc1cccc(Sc2cnc(Nc3nc(C4CCNCC4)cs3)c(Oc3ccc(F)cc3)c2)c1.O=C(O)C(F)(F)F.O=C(O)C(F)(F)F. The van der Waals surface area contributed by atoms with Crippen molar-refractivity contribution in [3.63, 3.8) is 0 Å². The first kappa shape index (κ1) is 38.8. The highest BCUT2D eigenvalue weighted by molar-refractivity contribution is 7.99. The minimum atomic E-state index is -5.08. The molecular weight excluding hydrogens is 709 g/mol. The van der Waals surface area contributed by atoms with Crippen LogP contribution >= 0.6 is 23.1 Å². The number of alkyl halides is 6. The molecule has 0 spiro atoms. The molecule has 1 aliphatic heterocycles. The van der Waals surface area contributed by atoms with Crippen molar-refractivity contribution in [2.24, 2.45) is 0 Å². The van der Waals surface area contributed by atoms with Crippen molar-refractivity contribution < 1.29 is 60.0 Å². The third kappa shape index (κ3) is 13.1. The van der Waals surface area contributed by atoms with Gasteiger partial charge in [0.05, 0.1) is 12.8 Å². The second-order valence-corrected chi connectivity index (χ2v) is 11.7. The predicted octanol–water partition coefficient (Wildman–Crippen LogP) is 8.11. The van der Waals surface area contributed by atoms with Crippen LogP contribution in [0.25, 0.3) is 0 Å². The first-order chi connectivity index (χ1) is 23.0. The number of carbonyl (C=O) groups is 2. The lowest BCUT2D eigenvalue weighted by Gasteiger charge is -2.20. The maximum atomic E-state index is 13.4. The summed E-state index contributed by atoms with van der Waals surface area (Å²) >= 11 is 3.11. The Morgan fingerprint density at radius 3 is 2.12 bits per heavy atom. The molecule has 1 fully saturated rings. The second kappa shape index (κ2) is 17.7. The Balaban J connectivity index is 0.000000392. The summed E-state index contributed by atoms with van der Waals surface area (Å²) in [4.78, 5) is 29.2. The monoisotopic (exact) mass is 736 g/mol. The van der Waals surface area contributed by atoms with E-state index in [4.69, 9.17) is 34.3 Å². The van der Waals surface area contributed by atoms with Crippen LogP contribution in [0.15, 0.2) is 76.0 Å². The molecule has 4 N–H and O–H groups in total. The van der Waals surface area contributed by atoms with Gasteiger partial charge in [-0.15, -0.1) is 11.3 Å². The topological polar surface area (TPSA) is 143 Å². The molecule has 49 heavy (non-hydrogen) atoms. The van der Waals surface area contributed by atoms with Gasteiger partial charge in [0.25, 0.3) is 0 Å². The maximum absolute atomic E-state index is 13.4. The normalized spacial score (nSPS) is 13.2. The quantitative estimate of drug-likeness (QED) is 0.130. The van der Waals surface area contributed by atoms with Crippen LogP contribution in [0.4, 0.5) is 41.7 Å². The first-order valence-electron chi connectivity index (χ1n) is 13.8. The zero-order chi connectivity index (χ0) is 36.2. The molecule has 4 aromatic rings. The molecular formula is C30H27F7N4O6S2. The van der Waals surface area contributed by atoms with Crippen molar-refractivity contribution in [2.45, 2.75) is 40.9 Å². The van der Waals surface area contributed by atoms with E-state index in [1.165, 1.54) is 12.1 Å². The number of nitrogens with zero attached hydrogens (tertiary/aromatic N) is 2. The van der Waals surface area contributed by atoms with Crippen LogP contribution in [0.1, 0.15) is 24.5 Å². The summed E-state index contributed by atoms with van der Waals surface area (Å²) in [5.74, 6) is -2.96. The molecule has 2 aromatic heterocycles. The number of pyridine rings is 1. The van der Waals surface area contributed by atoms with Crippen molar-refractivity contribution in [1.82, 2.24) is 15.3 Å². The minimum absolute atomic E-state index is 0.315. The van der Waals surface area contributed by atoms with Gasteiger partial charge in [0.1, 0.15) is 17.3 Å². The lowest BCUT2D eigenvalue weighted by atomic mass is 9.96. The summed E-state index contributed by atoms with van der Waals surface area (Å²) in [5.41, 5.74) is 1.12. The molecule has 0 unspecified atom stereocenters. The van der Waals surface area contributed by atoms with E-state index in [0.29, 0.717) is 23.2 Å². The van der Waals surface area contributed by atoms with Crippen molar-refractivity contribution in [3.8, 4) is 17.2 Å². The number of carboxylic acid groups (broad SMARTS) is 2. The number of aromatic nitrogens is 2. The van der Waals surface area contributed by atoms with E-state index in [-0.39, 0.29) is 5.82 Å². The molecule has 264 valence electrons. The number of ether oxygens (including phenoxy) is 2. The summed E-state index contributed by atoms with van der Waals surface area (Å²) in [6.45, 7) is 2.04. The van der Waals surface area contributed by atoms with E-state index >= 15 is 0 Å². The van der Waals surface area contributed by atoms with Gasteiger partial charge in [0, 0.05) is 33.4 Å². The van der Waals surface area contributed by atoms with E-state index in [1.807, 2.05) is 30.3 Å². The molecule has 0 aliphatic carbocycles. The van der Waals surface area contributed by atoms with Gasteiger partial charge in [-0.25, -0.2) is 23.9 Å². The standard InChI is InChI=1S/C26H25FN4O2S2.2C2HF3O2/c1-32-20-3-2-4-21(13-20)35-22-14-24(33-19-7-5-18(27)6-8-19)25(29-15-22)31-26-30-23(16-34-26)17-9-11-28-12-10-17;2*3-2(4,5)1(6)7/h2-8,13-17,28H,9-12H2,1H3,(H,29,30,31);2*(H,6,7). The van der Waals surface area contributed by atoms with Crippen molar-refractivity contribution in [1.29, 1.82) is 0 Å². The highest BCUT2D eigenvalue weighted by Gasteiger charge is 2.38. The Hall–Kier alpha value is -4.62. The van der Waals surface area contributed by atoms with E-state index in [2.05, 4.69) is 21.0 Å². The number of rotatable bonds is 8. The number of thiazole rings is 1. The van der Waals surface area contributed by atoms with Gasteiger partial charge >= 0.3 is 24.3 Å². The third-order valence-corrected chi connectivity index (χ3v) is 7.86. The Labute approximate surface area is 282 Å². The number of nitrogens with one attached hydrogen (secondary N) is 2. The number of benzene rings is 2. The second-order valence-electron chi connectivity index (χ2n) is 9.69. The highest BCUT2D eigenvalue weighted by atomic mass is 32.2. The fourth-order valence-corrected chi connectivity index (χ4v) is 5.49. The number of carboxylic acids is 2. The molecule has 0 amide bonds. The Bertz CT molecular complexity index is 1660. The van der Waals surface area contributed by atoms with E-state index in [9.17, 15) is 30.7 Å². The van der Waals surface area contributed by atoms with Crippen LogP contribution in [0.3, 0.4) is 0 Å². The molecule has 19 heteroatoms. The van der Waals surface area contributed by atoms with Crippen LogP contribution in [-0.4, -0.2) is 64.7 Å². The Kier molecular flexibility index (Phi) is 14.0. The van der Waals surface area contributed by atoms with Crippen LogP contribution in [-0.2, 0) is 9.59 Å². The first-order valence-corrected chi connectivity index (χ1v) is 15.5. The Morgan fingerprint density at radius 1 is 0.939 bits per heavy atom. The molecule has 2 aromatic carbocycles. The van der Waals surface area contributed by atoms with E-state index in [1.54, 1.807) is 48.5 Å². The van der Waals surface area contributed by atoms with Crippen molar-refractivity contribution in [2.75, 3.05) is 25.5 Å². The molecule has 5 rings (SSSR count). The van der Waals surface area contributed by atoms with Gasteiger partial charge in [0.15, 0.2) is 16.7 Å². The summed E-state index contributed by atoms with van der Waals surface area (Å²) in [7, 11) is 1.65. The molecule has 10 nitrogen and oxygen atoms in total. The van der Waals surface area contributed by atoms with Crippen LogP contribution in [0, 0.1) is 5.82 Å². The number of hydrogen-bond acceptors (Lipinski definition) is 10. The molecule has 1 aliphatic rings. The van der Waals surface area contributed by atoms with Crippen LogP contribution in [0.5, 0.6) is 17.2 Å². The van der Waals surface area contributed by atoms with Gasteiger partial charge in [0.2, 0.25) is 0 Å². The lowest BCUT2D eigenvalue weighted by molar-refractivity contribution is -0.193. The number of piperidine rings is 1. The number of hydrogen-bond donors (Lipinski definition) is 4. The third-order valence-electron chi connectivity index (χ3n) is 6.14. The summed E-state index contributed by atoms with van der Waals surface area (Å²) < 4.78 is 88.3. The summed E-state index contributed by atoms with van der Waals surface area (Å²) in [6.07, 6.45) is -6.18. The Morgan fingerprint density at radius 2 is 1.55 bits per heavy atom. The fraction of sp³-hybridized carbons (Fsp3) is 0.267. The molecule has 3 heterocycles. The van der Waals surface area contributed by atoms with Crippen LogP contribution in [0.2, 0.25) is 0 Å². The molecule has 0 saturated carbocycles. The highest BCUT2D eigenvalue weighted by Crippen LogP contribution is 2.38. The average molecular weight is 737 g/mol. The smallest absolute Gasteiger partial charge is 0.490 e. The van der Waals surface area contributed by atoms with Gasteiger partial charge in [-0.05, 0) is 68.4 Å². The molecule has 0 atom stereocenters. The van der Waals surface area contributed by atoms with E-state index < -0.39 is 24.3 Å². The number of anilines is 2. The van der Waals surface area contributed by atoms with Gasteiger partial charge in [-0.2, -0.15) is 26.3 Å². The largest absolute Gasteiger partial charge is 0.497 e. The zero-order valence-electron chi connectivity index (χ0n) is 25.1. The van der Waals surface area contributed by atoms with Gasteiger partial charge in [-0.1, -0.05) is 17.8 Å². The number of methoxy groups -OCH3 is 1. The summed E-state index contributed by atoms with van der Waals surface area (Å²) in [5, 5.41) is 23.9. The van der Waals surface area contributed by atoms with E-state index in [0.717, 1.165) is 52.3 Å². The van der Waals surface area contributed by atoms with Gasteiger partial charge < -0.3 is 30.3 Å². The number of halogens is 7. The molecule has 0 radical (unpaired) electrons. The average Bonchev–Trinajstić information content (AvgIpc) is 3.52. The van der Waals surface area contributed by atoms with Crippen LogP contribution < -0.4 is 20.1 Å². The van der Waals surface area contributed by atoms with Crippen molar-refractivity contribution in [3.05, 3.63) is 77.7 Å². The number of aliphatic carboxylic acids is 2. The molecule has 1 saturated heterocycles.